The van der Waals surface area contributed by atoms with Crippen molar-refractivity contribution in [3.63, 3.8) is 0 Å². The molecule has 0 aromatic rings. The van der Waals surface area contributed by atoms with E-state index in [0.29, 0.717) is 5.92 Å². The molecule has 0 spiro atoms. The average Bonchev–Trinajstić information content (AvgIpc) is 2.31. The van der Waals surface area contributed by atoms with Gasteiger partial charge in [-0.3, -0.25) is 4.79 Å². The van der Waals surface area contributed by atoms with Crippen LogP contribution in [-0.4, -0.2) is 19.0 Å². The van der Waals surface area contributed by atoms with Crippen molar-refractivity contribution in [1.29, 1.82) is 0 Å². The third-order valence-corrected chi connectivity index (χ3v) is 2.58. The molecule has 1 heterocycles. The lowest BCUT2D eigenvalue weighted by atomic mass is 9.80. The fourth-order valence-electron chi connectivity index (χ4n) is 2.07. The van der Waals surface area contributed by atoms with E-state index >= 15 is 0 Å². The molecular weight excluding hydrogens is 164 g/mol. The van der Waals surface area contributed by atoms with E-state index in [1.165, 1.54) is 0 Å². The van der Waals surface area contributed by atoms with Gasteiger partial charge in [-0.05, 0) is 24.3 Å². The highest BCUT2D eigenvalue weighted by molar-refractivity contribution is 5.77. The second kappa shape index (κ2) is 3.66. The van der Waals surface area contributed by atoms with E-state index in [9.17, 15) is 4.79 Å². The van der Waals surface area contributed by atoms with Crippen molar-refractivity contribution in [1.82, 2.24) is 5.32 Å². The molecule has 3 N–H and O–H groups in total. The minimum Gasteiger partial charge on any atom is -0.369 e. The molecule has 1 fully saturated rings. The lowest BCUT2D eigenvalue weighted by Crippen LogP contribution is -2.31. The number of rotatable bonds is 2. The van der Waals surface area contributed by atoms with Gasteiger partial charge in [-0.1, -0.05) is 20.8 Å². The molecule has 1 saturated heterocycles. The monoisotopic (exact) mass is 184 g/mol. The Kier molecular flexibility index (Phi) is 2.96. The van der Waals surface area contributed by atoms with E-state index in [-0.39, 0.29) is 17.2 Å². The van der Waals surface area contributed by atoms with Crippen molar-refractivity contribution >= 4 is 5.91 Å². The maximum absolute atomic E-state index is 11.1. The molecule has 3 nitrogen and oxygen atoms in total. The van der Waals surface area contributed by atoms with Crippen LogP contribution in [0.3, 0.4) is 0 Å². The SMILES string of the molecule is CC(C)(C)CC1CNCC1C(N)=O. The van der Waals surface area contributed by atoms with Crippen molar-refractivity contribution in [3.05, 3.63) is 0 Å². The van der Waals surface area contributed by atoms with Crippen LogP contribution in [0, 0.1) is 17.3 Å². The molecule has 0 bridgehead atoms. The van der Waals surface area contributed by atoms with Gasteiger partial charge >= 0.3 is 0 Å². The van der Waals surface area contributed by atoms with Crippen molar-refractivity contribution in [2.24, 2.45) is 23.0 Å². The first kappa shape index (κ1) is 10.5. The van der Waals surface area contributed by atoms with Gasteiger partial charge in [0.15, 0.2) is 0 Å². The number of hydrogen-bond donors (Lipinski definition) is 2. The van der Waals surface area contributed by atoms with Gasteiger partial charge in [-0.15, -0.1) is 0 Å². The van der Waals surface area contributed by atoms with Gasteiger partial charge in [-0.2, -0.15) is 0 Å². The summed E-state index contributed by atoms with van der Waals surface area (Å²) in [6.45, 7) is 8.29. The van der Waals surface area contributed by atoms with E-state index < -0.39 is 0 Å². The largest absolute Gasteiger partial charge is 0.369 e. The minimum absolute atomic E-state index is 0.0409. The van der Waals surface area contributed by atoms with Crippen LogP contribution >= 0.6 is 0 Å². The van der Waals surface area contributed by atoms with Gasteiger partial charge in [0.2, 0.25) is 5.91 Å². The molecule has 13 heavy (non-hydrogen) atoms. The summed E-state index contributed by atoms with van der Waals surface area (Å²) >= 11 is 0. The molecule has 1 rings (SSSR count). The molecule has 1 aliphatic heterocycles. The van der Waals surface area contributed by atoms with Crippen LogP contribution < -0.4 is 11.1 Å². The van der Waals surface area contributed by atoms with E-state index in [1.807, 2.05) is 0 Å². The van der Waals surface area contributed by atoms with Crippen molar-refractivity contribution in [2.45, 2.75) is 27.2 Å². The van der Waals surface area contributed by atoms with Crippen LogP contribution in [0.4, 0.5) is 0 Å². The predicted molar refractivity (Wildman–Crippen MR) is 53.1 cm³/mol. The quantitative estimate of drug-likeness (QED) is 0.665. The maximum atomic E-state index is 11.1. The summed E-state index contributed by atoms with van der Waals surface area (Å²) in [6, 6.07) is 0. The third kappa shape index (κ3) is 2.99. The summed E-state index contributed by atoms with van der Waals surface area (Å²) in [5.74, 6) is 0.316. The van der Waals surface area contributed by atoms with Crippen molar-refractivity contribution < 1.29 is 4.79 Å². The zero-order valence-corrected chi connectivity index (χ0v) is 8.76. The molecule has 3 heteroatoms. The molecular formula is C10H20N2O. The molecule has 2 atom stereocenters. The molecule has 0 radical (unpaired) electrons. The zero-order valence-electron chi connectivity index (χ0n) is 8.76. The summed E-state index contributed by atoms with van der Waals surface area (Å²) in [6.07, 6.45) is 1.06. The number of primary amides is 1. The van der Waals surface area contributed by atoms with Crippen LogP contribution in [0.1, 0.15) is 27.2 Å². The Morgan fingerprint density at radius 2 is 2.08 bits per heavy atom. The topological polar surface area (TPSA) is 55.1 Å². The maximum Gasteiger partial charge on any atom is 0.222 e. The number of carbonyl (C=O) groups is 1. The Hall–Kier alpha value is -0.570. The Morgan fingerprint density at radius 1 is 1.46 bits per heavy atom. The van der Waals surface area contributed by atoms with Gasteiger partial charge in [0.25, 0.3) is 0 Å². The number of nitrogens with two attached hydrogens (primary N) is 1. The molecule has 0 aliphatic carbocycles. The highest BCUT2D eigenvalue weighted by atomic mass is 16.1. The molecule has 0 saturated carbocycles. The van der Waals surface area contributed by atoms with Crippen LogP contribution in [0.2, 0.25) is 0 Å². The Labute approximate surface area is 80.1 Å². The van der Waals surface area contributed by atoms with E-state index in [2.05, 4.69) is 26.1 Å². The molecule has 1 aliphatic rings. The van der Waals surface area contributed by atoms with Crippen LogP contribution in [0.25, 0.3) is 0 Å². The van der Waals surface area contributed by atoms with Gasteiger partial charge < -0.3 is 11.1 Å². The predicted octanol–water partition coefficient (Wildman–Crippen LogP) is 0.744. The highest BCUT2D eigenvalue weighted by Gasteiger charge is 2.33. The molecule has 1 amide bonds. The lowest BCUT2D eigenvalue weighted by molar-refractivity contribution is -0.122. The third-order valence-electron chi connectivity index (χ3n) is 2.58. The summed E-state index contributed by atoms with van der Waals surface area (Å²) in [7, 11) is 0. The minimum atomic E-state index is -0.153. The first-order valence-corrected chi connectivity index (χ1v) is 4.90. The normalized spacial score (nSPS) is 29.2. The summed E-state index contributed by atoms with van der Waals surface area (Å²) in [5, 5.41) is 3.23. The highest BCUT2D eigenvalue weighted by Crippen LogP contribution is 2.30. The number of hydrogen-bond acceptors (Lipinski definition) is 2. The summed E-state index contributed by atoms with van der Waals surface area (Å²) < 4.78 is 0. The Morgan fingerprint density at radius 3 is 2.54 bits per heavy atom. The number of nitrogens with one attached hydrogen (secondary N) is 1. The molecule has 0 aromatic heterocycles. The molecule has 76 valence electrons. The van der Waals surface area contributed by atoms with Crippen LogP contribution in [0.5, 0.6) is 0 Å². The number of carbonyl (C=O) groups excluding carboxylic acids is 1. The smallest absolute Gasteiger partial charge is 0.222 e. The molecule has 0 aromatic carbocycles. The van der Waals surface area contributed by atoms with Crippen LogP contribution in [0.15, 0.2) is 0 Å². The van der Waals surface area contributed by atoms with Gasteiger partial charge in [0.05, 0.1) is 5.92 Å². The van der Waals surface area contributed by atoms with E-state index in [0.717, 1.165) is 19.5 Å². The lowest BCUT2D eigenvalue weighted by Gasteiger charge is -2.25. The fourth-order valence-corrected chi connectivity index (χ4v) is 2.07. The fraction of sp³-hybridized carbons (Fsp3) is 0.900. The second-order valence-electron chi connectivity index (χ2n) is 5.19. The first-order chi connectivity index (χ1) is 5.90. The first-order valence-electron chi connectivity index (χ1n) is 4.90. The van der Waals surface area contributed by atoms with E-state index in [4.69, 9.17) is 5.73 Å². The van der Waals surface area contributed by atoms with Gasteiger partial charge in [0, 0.05) is 6.54 Å². The second-order valence-corrected chi connectivity index (χ2v) is 5.19. The molecule has 2 unspecified atom stereocenters. The summed E-state index contributed by atoms with van der Waals surface area (Å²) in [4.78, 5) is 11.1. The average molecular weight is 184 g/mol. The Balaban J connectivity index is 2.54. The number of amides is 1. The Bertz CT molecular complexity index is 196. The summed E-state index contributed by atoms with van der Waals surface area (Å²) in [5.41, 5.74) is 5.61. The van der Waals surface area contributed by atoms with Crippen molar-refractivity contribution in [3.8, 4) is 0 Å². The van der Waals surface area contributed by atoms with Crippen molar-refractivity contribution in [2.75, 3.05) is 13.1 Å². The van der Waals surface area contributed by atoms with E-state index in [1.54, 1.807) is 0 Å². The van der Waals surface area contributed by atoms with Gasteiger partial charge in [0.1, 0.15) is 0 Å². The van der Waals surface area contributed by atoms with Crippen LogP contribution in [-0.2, 0) is 4.79 Å². The standard InChI is InChI=1S/C10H20N2O/c1-10(2,3)4-7-5-12-6-8(7)9(11)13/h7-8,12H,4-6H2,1-3H3,(H2,11,13). The van der Waals surface area contributed by atoms with Gasteiger partial charge in [-0.25, -0.2) is 0 Å². The zero-order chi connectivity index (χ0) is 10.1.